The van der Waals surface area contributed by atoms with Gasteiger partial charge >= 0.3 is 0 Å². The molecule has 0 saturated heterocycles. The van der Waals surface area contributed by atoms with Crippen molar-refractivity contribution < 1.29 is 9.84 Å². The Morgan fingerprint density at radius 3 is 2.79 bits per heavy atom. The van der Waals surface area contributed by atoms with Gasteiger partial charge < -0.3 is 9.84 Å². The Morgan fingerprint density at radius 1 is 1.43 bits per heavy atom. The number of ether oxygens (including phenoxy) is 1. The maximum Gasteiger partial charge on any atom is 0.129 e. The fourth-order valence-electron chi connectivity index (χ4n) is 1.12. The van der Waals surface area contributed by atoms with Gasteiger partial charge in [0, 0.05) is 23.9 Å². The molecule has 2 nitrogen and oxygen atoms in total. The summed E-state index contributed by atoms with van der Waals surface area (Å²) in [6, 6.07) is 7.42. The van der Waals surface area contributed by atoms with E-state index < -0.39 is 0 Å². The number of rotatable bonds is 5. The smallest absolute Gasteiger partial charge is 0.129 e. The van der Waals surface area contributed by atoms with Crippen LogP contribution in [0, 0.1) is 0 Å². The van der Waals surface area contributed by atoms with E-state index in [-0.39, 0.29) is 0 Å². The van der Waals surface area contributed by atoms with Gasteiger partial charge in [0.25, 0.3) is 0 Å². The number of hydrogen-bond donors (Lipinski definition) is 1. The third-order valence-corrected chi connectivity index (χ3v) is 3.16. The zero-order chi connectivity index (χ0) is 10.4. The highest BCUT2D eigenvalue weighted by Crippen LogP contribution is 2.31. The van der Waals surface area contributed by atoms with E-state index in [1.807, 2.05) is 18.2 Å². The third kappa shape index (κ3) is 3.60. The average molecular weight is 212 g/mol. The van der Waals surface area contributed by atoms with Crippen LogP contribution >= 0.6 is 11.8 Å². The van der Waals surface area contributed by atoms with Crippen LogP contribution in [0.4, 0.5) is 0 Å². The molecule has 1 atom stereocenters. The molecule has 0 heterocycles. The van der Waals surface area contributed by atoms with Crippen LogP contribution in [-0.4, -0.2) is 24.1 Å². The molecule has 0 radical (unpaired) electrons. The molecule has 1 aromatic rings. The molecule has 3 heteroatoms. The molecule has 0 bridgehead atoms. The van der Waals surface area contributed by atoms with E-state index in [9.17, 15) is 5.11 Å². The van der Waals surface area contributed by atoms with Crippen molar-refractivity contribution >= 4 is 11.8 Å². The fourth-order valence-corrected chi connectivity index (χ4v) is 2.11. The number of aromatic hydroxyl groups is 1. The molecule has 0 aromatic heterocycles. The number of hydrogen-bond acceptors (Lipinski definition) is 3. The van der Waals surface area contributed by atoms with Gasteiger partial charge in [0.1, 0.15) is 5.75 Å². The van der Waals surface area contributed by atoms with E-state index in [1.54, 1.807) is 24.9 Å². The standard InChI is InChI=1S/C11H16O2S/c1-9(7-8-13-2)14-11-6-4-3-5-10(11)12/h3-6,9,12H,7-8H2,1-2H3. The van der Waals surface area contributed by atoms with Gasteiger partial charge in [-0.25, -0.2) is 0 Å². The maximum atomic E-state index is 9.53. The first kappa shape index (κ1) is 11.4. The molecule has 78 valence electrons. The largest absolute Gasteiger partial charge is 0.507 e. The molecule has 0 aliphatic heterocycles. The number of benzene rings is 1. The second kappa shape index (κ2) is 5.94. The SMILES string of the molecule is COCCC(C)Sc1ccccc1O. The minimum absolute atomic E-state index is 0.363. The molecule has 1 unspecified atom stereocenters. The molecule has 1 rings (SSSR count). The summed E-state index contributed by atoms with van der Waals surface area (Å²) in [5, 5.41) is 9.99. The lowest BCUT2D eigenvalue weighted by molar-refractivity contribution is 0.195. The van der Waals surface area contributed by atoms with Crippen molar-refractivity contribution in [3.05, 3.63) is 24.3 Å². The van der Waals surface area contributed by atoms with Crippen LogP contribution in [0.25, 0.3) is 0 Å². The van der Waals surface area contributed by atoms with Crippen LogP contribution in [0.2, 0.25) is 0 Å². The number of thioether (sulfide) groups is 1. The number of phenolic OH excluding ortho intramolecular Hbond substituents is 1. The highest BCUT2D eigenvalue weighted by atomic mass is 32.2. The van der Waals surface area contributed by atoms with Gasteiger partial charge in [-0.1, -0.05) is 19.1 Å². The van der Waals surface area contributed by atoms with Gasteiger partial charge in [0.15, 0.2) is 0 Å². The van der Waals surface area contributed by atoms with E-state index in [4.69, 9.17) is 4.74 Å². The highest BCUT2D eigenvalue weighted by molar-refractivity contribution is 8.00. The summed E-state index contributed by atoms with van der Waals surface area (Å²) in [4.78, 5) is 0.941. The molecule has 0 aliphatic carbocycles. The van der Waals surface area contributed by atoms with Gasteiger partial charge in [-0.3, -0.25) is 0 Å². The van der Waals surface area contributed by atoms with Crippen molar-refractivity contribution in [2.45, 2.75) is 23.5 Å². The summed E-state index contributed by atoms with van der Waals surface area (Å²) < 4.78 is 5.00. The van der Waals surface area contributed by atoms with Crippen molar-refractivity contribution in [2.24, 2.45) is 0 Å². The Morgan fingerprint density at radius 2 is 2.14 bits per heavy atom. The van der Waals surface area contributed by atoms with Crippen molar-refractivity contribution in [2.75, 3.05) is 13.7 Å². The number of phenols is 1. The van der Waals surface area contributed by atoms with Gasteiger partial charge in [0.2, 0.25) is 0 Å². The first-order valence-electron chi connectivity index (χ1n) is 4.67. The first-order valence-corrected chi connectivity index (χ1v) is 5.55. The van der Waals surface area contributed by atoms with Crippen LogP contribution < -0.4 is 0 Å². The molecule has 0 fully saturated rings. The van der Waals surface area contributed by atoms with Crippen LogP contribution in [0.15, 0.2) is 29.2 Å². The van der Waals surface area contributed by atoms with Crippen molar-refractivity contribution in [1.82, 2.24) is 0 Å². The highest BCUT2D eigenvalue weighted by Gasteiger charge is 2.06. The minimum Gasteiger partial charge on any atom is -0.507 e. The maximum absolute atomic E-state index is 9.53. The summed E-state index contributed by atoms with van der Waals surface area (Å²) in [5.74, 6) is 0.363. The van der Waals surface area contributed by atoms with Crippen molar-refractivity contribution in [1.29, 1.82) is 0 Å². The Labute approximate surface area is 89.3 Å². The number of methoxy groups -OCH3 is 1. The molecular formula is C11H16O2S. The Balaban J connectivity index is 2.47. The van der Waals surface area contributed by atoms with E-state index in [0.29, 0.717) is 11.0 Å². The number of para-hydroxylation sites is 1. The second-order valence-corrected chi connectivity index (χ2v) is 4.66. The summed E-state index contributed by atoms with van der Waals surface area (Å²) >= 11 is 1.68. The Bertz CT molecular complexity index is 276. The minimum atomic E-state index is 0.363. The van der Waals surface area contributed by atoms with Crippen molar-refractivity contribution in [3.8, 4) is 5.75 Å². The summed E-state index contributed by atoms with van der Waals surface area (Å²) in [5.41, 5.74) is 0. The zero-order valence-corrected chi connectivity index (χ0v) is 9.38. The molecule has 0 aliphatic rings. The predicted octanol–water partition coefficient (Wildman–Crippen LogP) is 2.91. The van der Waals surface area contributed by atoms with Gasteiger partial charge in [-0.05, 0) is 18.6 Å². The lowest BCUT2D eigenvalue weighted by Gasteiger charge is -2.11. The monoisotopic (exact) mass is 212 g/mol. The Kier molecular flexibility index (Phi) is 4.84. The van der Waals surface area contributed by atoms with E-state index >= 15 is 0 Å². The summed E-state index contributed by atoms with van der Waals surface area (Å²) in [7, 11) is 1.71. The van der Waals surface area contributed by atoms with Crippen LogP contribution in [-0.2, 0) is 4.74 Å². The van der Waals surface area contributed by atoms with E-state index in [0.717, 1.165) is 17.9 Å². The van der Waals surface area contributed by atoms with E-state index in [2.05, 4.69) is 6.92 Å². The predicted molar refractivity (Wildman–Crippen MR) is 59.9 cm³/mol. The van der Waals surface area contributed by atoms with Crippen molar-refractivity contribution in [3.63, 3.8) is 0 Å². The first-order chi connectivity index (χ1) is 6.74. The van der Waals surface area contributed by atoms with Gasteiger partial charge in [0.05, 0.1) is 0 Å². The van der Waals surface area contributed by atoms with E-state index in [1.165, 1.54) is 0 Å². The van der Waals surface area contributed by atoms with Crippen LogP contribution in [0.5, 0.6) is 5.75 Å². The topological polar surface area (TPSA) is 29.5 Å². The lowest BCUT2D eigenvalue weighted by atomic mass is 10.3. The Hall–Kier alpha value is -0.670. The molecule has 1 N–H and O–H groups in total. The van der Waals surface area contributed by atoms with Crippen LogP contribution in [0.1, 0.15) is 13.3 Å². The summed E-state index contributed by atoms with van der Waals surface area (Å²) in [6.45, 7) is 2.90. The van der Waals surface area contributed by atoms with Crippen LogP contribution in [0.3, 0.4) is 0 Å². The average Bonchev–Trinajstić information content (AvgIpc) is 2.18. The fraction of sp³-hybridized carbons (Fsp3) is 0.455. The summed E-state index contributed by atoms with van der Waals surface area (Å²) in [6.07, 6.45) is 0.996. The molecule has 0 saturated carbocycles. The molecule has 0 spiro atoms. The third-order valence-electron chi connectivity index (χ3n) is 1.92. The normalized spacial score (nSPS) is 12.7. The second-order valence-electron chi connectivity index (χ2n) is 3.18. The lowest BCUT2D eigenvalue weighted by Crippen LogP contribution is -2.01. The molecular weight excluding hydrogens is 196 g/mol. The zero-order valence-electron chi connectivity index (χ0n) is 8.56. The van der Waals surface area contributed by atoms with Gasteiger partial charge in [-0.2, -0.15) is 0 Å². The molecule has 14 heavy (non-hydrogen) atoms. The van der Waals surface area contributed by atoms with Gasteiger partial charge in [-0.15, -0.1) is 11.8 Å². The quantitative estimate of drug-likeness (QED) is 0.761. The molecule has 0 amide bonds. The molecule has 1 aromatic carbocycles.